The number of nitrogens with one attached hydrogen (secondary N) is 2. The summed E-state index contributed by atoms with van der Waals surface area (Å²) in [5, 5.41) is 5.98. The van der Waals surface area contributed by atoms with Gasteiger partial charge in [-0.25, -0.2) is 22.2 Å². The van der Waals surface area contributed by atoms with Crippen molar-refractivity contribution in [2.75, 3.05) is 19.5 Å². The van der Waals surface area contributed by atoms with Crippen LogP contribution in [0.5, 0.6) is 11.5 Å². The Balaban J connectivity index is 1.68. The van der Waals surface area contributed by atoms with Crippen molar-refractivity contribution in [3.8, 4) is 17.2 Å². The van der Waals surface area contributed by atoms with Gasteiger partial charge in [0.25, 0.3) is 0 Å². The van der Waals surface area contributed by atoms with Crippen molar-refractivity contribution < 1.29 is 40.2 Å². The fraction of sp³-hybridized carbons (Fsp3) is 0.185. The Morgan fingerprint density at radius 3 is 2.39 bits per heavy atom. The highest BCUT2D eigenvalue weighted by molar-refractivity contribution is 7.89. The number of halogens is 4. The number of sulfonamides is 1. The number of anilines is 1. The summed E-state index contributed by atoms with van der Waals surface area (Å²) >= 11 is 0. The van der Waals surface area contributed by atoms with E-state index in [0.29, 0.717) is 23.1 Å². The Labute approximate surface area is 232 Å². The van der Waals surface area contributed by atoms with Crippen LogP contribution in [0.3, 0.4) is 0 Å². The number of carbonyl (C=O) groups is 1. The van der Waals surface area contributed by atoms with Crippen LogP contribution in [0.4, 0.5) is 23.2 Å². The Morgan fingerprint density at radius 2 is 1.73 bits per heavy atom. The predicted octanol–water partition coefficient (Wildman–Crippen LogP) is 4.71. The van der Waals surface area contributed by atoms with Crippen LogP contribution in [0.1, 0.15) is 16.8 Å². The number of rotatable bonds is 10. The van der Waals surface area contributed by atoms with Crippen molar-refractivity contribution in [2.45, 2.75) is 24.0 Å². The van der Waals surface area contributed by atoms with Crippen LogP contribution in [0.2, 0.25) is 0 Å². The summed E-state index contributed by atoms with van der Waals surface area (Å²) in [6.07, 6.45) is -4.12. The van der Waals surface area contributed by atoms with E-state index < -0.39 is 38.5 Å². The predicted molar refractivity (Wildman–Crippen MR) is 141 cm³/mol. The summed E-state index contributed by atoms with van der Waals surface area (Å²) in [7, 11) is -1.56. The number of hydrogen-bond acceptors (Lipinski definition) is 6. The van der Waals surface area contributed by atoms with Gasteiger partial charge in [0.2, 0.25) is 15.9 Å². The zero-order valence-corrected chi connectivity index (χ0v) is 22.5. The van der Waals surface area contributed by atoms with Crippen molar-refractivity contribution in [1.29, 1.82) is 0 Å². The molecular weight excluding hydrogens is 568 g/mol. The zero-order valence-electron chi connectivity index (χ0n) is 21.7. The number of alkyl halides is 3. The number of methoxy groups -OCH3 is 2. The SMILES string of the molecule is COc1ccc(CNS(=O)(=O)c2cc(NC(=O)Cc3ccccc3F)ccc2-n2ccc(C(F)(F)F)n2)c(OC)c1. The van der Waals surface area contributed by atoms with Gasteiger partial charge in [0.15, 0.2) is 5.69 Å². The molecule has 0 saturated heterocycles. The van der Waals surface area contributed by atoms with E-state index in [1.165, 1.54) is 44.6 Å². The van der Waals surface area contributed by atoms with E-state index in [9.17, 15) is 30.8 Å². The monoisotopic (exact) mass is 592 g/mol. The van der Waals surface area contributed by atoms with Crippen LogP contribution in [0.15, 0.2) is 77.8 Å². The van der Waals surface area contributed by atoms with E-state index in [0.717, 1.165) is 16.9 Å². The van der Waals surface area contributed by atoms with E-state index in [2.05, 4.69) is 15.1 Å². The lowest BCUT2D eigenvalue weighted by molar-refractivity contribution is -0.141. The largest absolute Gasteiger partial charge is 0.497 e. The molecule has 2 N–H and O–H groups in total. The van der Waals surface area contributed by atoms with Crippen LogP contribution in [-0.4, -0.2) is 38.3 Å². The van der Waals surface area contributed by atoms with Gasteiger partial charge >= 0.3 is 6.18 Å². The van der Waals surface area contributed by atoms with E-state index in [1.807, 2.05) is 0 Å². The highest BCUT2D eigenvalue weighted by atomic mass is 32.2. The molecule has 4 rings (SSSR count). The molecule has 0 radical (unpaired) electrons. The van der Waals surface area contributed by atoms with Crippen LogP contribution >= 0.6 is 0 Å². The van der Waals surface area contributed by atoms with E-state index in [1.54, 1.807) is 24.3 Å². The molecule has 0 unspecified atom stereocenters. The van der Waals surface area contributed by atoms with E-state index in [4.69, 9.17) is 9.47 Å². The van der Waals surface area contributed by atoms with E-state index >= 15 is 0 Å². The molecule has 3 aromatic carbocycles. The second-order valence-corrected chi connectivity index (χ2v) is 10.4. The van der Waals surface area contributed by atoms with Crippen LogP contribution < -0.4 is 19.5 Å². The number of amides is 1. The van der Waals surface area contributed by atoms with Crippen molar-refractivity contribution in [3.05, 3.63) is 95.6 Å². The van der Waals surface area contributed by atoms with Gasteiger partial charge < -0.3 is 14.8 Å². The molecule has 0 fully saturated rings. The van der Waals surface area contributed by atoms with Gasteiger partial charge in [0, 0.05) is 30.1 Å². The van der Waals surface area contributed by atoms with Crippen LogP contribution in [0, 0.1) is 5.82 Å². The standard InChI is InChI=1S/C27H24F4N4O5S/c1-39-20-9-7-18(23(15-20)40-2)16-32-41(37,38)24-14-19(33-26(36)13-17-5-3-4-6-21(17)28)8-10-22(24)35-12-11-25(34-35)27(29,30)31/h3-12,14-15,32H,13,16H2,1-2H3,(H,33,36). The summed E-state index contributed by atoms with van der Waals surface area (Å²) in [6.45, 7) is -0.244. The summed E-state index contributed by atoms with van der Waals surface area (Å²) in [4.78, 5) is 12.1. The van der Waals surface area contributed by atoms with Gasteiger partial charge in [0.05, 0.1) is 26.3 Å². The first-order valence-corrected chi connectivity index (χ1v) is 13.4. The lowest BCUT2D eigenvalue weighted by atomic mass is 10.1. The summed E-state index contributed by atoms with van der Waals surface area (Å²) in [5.74, 6) is -0.406. The average molecular weight is 593 g/mol. The first-order chi connectivity index (χ1) is 19.4. The normalized spacial score (nSPS) is 11.8. The minimum absolute atomic E-state index is 0.0145. The topological polar surface area (TPSA) is 112 Å². The molecule has 4 aromatic rings. The van der Waals surface area contributed by atoms with Gasteiger partial charge in [-0.3, -0.25) is 4.79 Å². The summed E-state index contributed by atoms with van der Waals surface area (Å²) < 4.78 is 94.2. The van der Waals surface area contributed by atoms with E-state index in [-0.39, 0.29) is 29.9 Å². The molecule has 41 heavy (non-hydrogen) atoms. The second kappa shape index (κ2) is 12.0. The molecule has 0 aliphatic carbocycles. The fourth-order valence-electron chi connectivity index (χ4n) is 3.87. The van der Waals surface area contributed by atoms with Gasteiger partial charge in [0.1, 0.15) is 22.2 Å². The zero-order chi connectivity index (χ0) is 29.8. The van der Waals surface area contributed by atoms with Gasteiger partial charge in [-0.05, 0) is 42.0 Å². The van der Waals surface area contributed by atoms with Gasteiger partial charge in [-0.2, -0.15) is 18.3 Å². The summed E-state index contributed by atoms with van der Waals surface area (Å²) in [5.41, 5.74) is -0.839. The van der Waals surface area contributed by atoms with Crippen molar-refractivity contribution >= 4 is 21.6 Å². The first-order valence-electron chi connectivity index (χ1n) is 11.9. The minimum Gasteiger partial charge on any atom is -0.497 e. The molecule has 9 nitrogen and oxygen atoms in total. The average Bonchev–Trinajstić information content (AvgIpc) is 3.44. The van der Waals surface area contributed by atoms with Crippen LogP contribution in [-0.2, 0) is 34.0 Å². The number of ether oxygens (including phenoxy) is 2. The molecule has 0 saturated carbocycles. The molecule has 0 aliphatic rings. The molecule has 216 valence electrons. The van der Waals surface area contributed by atoms with Gasteiger partial charge in [-0.15, -0.1) is 0 Å². The maximum atomic E-state index is 14.0. The molecule has 0 bridgehead atoms. The molecule has 1 heterocycles. The van der Waals surface area contributed by atoms with Crippen LogP contribution in [0.25, 0.3) is 5.69 Å². The molecule has 0 aliphatic heterocycles. The Morgan fingerprint density at radius 1 is 0.976 bits per heavy atom. The van der Waals surface area contributed by atoms with Crippen molar-refractivity contribution in [3.63, 3.8) is 0 Å². The lowest BCUT2D eigenvalue weighted by Crippen LogP contribution is -2.25. The second-order valence-electron chi connectivity index (χ2n) is 8.64. The molecule has 14 heteroatoms. The van der Waals surface area contributed by atoms with Gasteiger partial charge in [-0.1, -0.05) is 24.3 Å². The maximum absolute atomic E-state index is 14.0. The highest BCUT2D eigenvalue weighted by Gasteiger charge is 2.34. The number of carbonyl (C=O) groups excluding carboxylic acids is 1. The number of aromatic nitrogens is 2. The Bertz CT molecular complexity index is 1670. The smallest absolute Gasteiger partial charge is 0.435 e. The fourth-order valence-corrected chi connectivity index (χ4v) is 5.09. The molecular formula is C27H24F4N4O5S. The minimum atomic E-state index is -4.76. The lowest BCUT2D eigenvalue weighted by Gasteiger charge is -2.15. The Hall–Kier alpha value is -4.43. The van der Waals surface area contributed by atoms with Crippen molar-refractivity contribution in [1.82, 2.24) is 14.5 Å². The molecule has 0 atom stereocenters. The maximum Gasteiger partial charge on any atom is 0.435 e. The highest BCUT2D eigenvalue weighted by Crippen LogP contribution is 2.30. The molecule has 1 amide bonds. The third-order valence-corrected chi connectivity index (χ3v) is 7.35. The van der Waals surface area contributed by atoms with Crippen molar-refractivity contribution in [2.24, 2.45) is 0 Å². The number of benzene rings is 3. The quantitative estimate of drug-likeness (QED) is 0.258. The third-order valence-electron chi connectivity index (χ3n) is 5.92. The molecule has 1 aromatic heterocycles. The summed E-state index contributed by atoms with van der Waals surface area (Å²) in [6, 6.07) is 14.7. The Kier molecular flexibility index (Phi) is 8.63. The number of nitrogens with zero attached hydrogens (tertiary/aromatic N) is 2. The molecule has 0 spiro atoms. The third kappa shape index (κ3) is 7.02. The first kappa shape index (κ1) is 29.6. The number of hydrogen-bond donors (Lipinski definition) is 2.